The molecule has 0 spiro atoms. The molecule has 0 aliphatic heterocycles. The highest BCUT2D eigenvalue weighted by Gasteiger charge is 2.32. The van der Waals surface area contributed by atoms with Gasteiger partial charge in [0.2, 0.25) is 0 Å². The summed E-state index contributed by atoms with van der Waals surface area (Å²) < 4.78 is 1.22. The highest BCUT2D eigenvalue weighted by molar-refractivity contribution is 9.10. The number of rotatable bonds is 6. The first-order chi connectivity index (χ1) is 9.65. The van der Waals surface area contributed by atoms with Crippen LogP contribution in [-0.4, -0.2) is 32.1 Å². The van der Waals surface area contributed by atoms with Crippen LogP contribution in [0.25, 0.3) is 0 Å². The van der Waals surface area contributed by atoms with Gasteiger partial charge in [-0.05, 0) is 44.0 Å². The molecule has 0 unspecified atom stereocenters. The van der Waals surface area contributed by atoms with Gasteiger partial charge < -0.3 is 10.2 Å². The molecule has 2 nitrogen and oxygen atoms in total. The van der Waals surface area contributed by atoms with Crippen LogP contribution < -0.4 is 5.32 Å². The van der Waals surface area contributed by atoms with Crippen molar-refractivity contribution in [2.75, 3.05) is 27.2 Å². The van der Waals surface area contributed by atoms with E-state index in [1.165, 1.54) is 48.7 Å². The minimum absolute atomic E-state index is 0.475. The fourth-order valence-corrected chi connectivity index (χ4v) is 4.02. The SMILES string of the molecule is CNCC1(CN(C)Cc2ccccc2Br)CCCCC1. The number of benzene rings is 1. The largest absolute Gasteiger partial charge is 0.319 e. The first-order valence-corrected chi connectivity index (χ1v) is 8.51. The Morgan fingerprint density at radius 3 is 2.55 bits per heavy atom. The molecule has 2 rings (SSSR count). The Labute approximate surface area is 132 Å². The van der Waals surface area contributed by atoms with Crippen LogP contribution in [0.3, 0.4) is 0 Å². The van der Waals surface area contributed by atoms with Gasteiger partial charge in [0.25, 0.3) is 0 Å². The van der Waals surface area contributed by atoms with Crippen molar-refractivity contribution in [3.63, 3.8) is 0 Å². The van der Waals surface area contributed by atoms with Crippen molar-refractivity contribution in [3.8, 4) is 0 Å². The summed E-state index contributed by atoms with van der Waals surface area (Å²) in [5, 5.41) is 3.42. The summed E-state index contributed by atoms with van der Waals surface area (Å²) in [7, 11) is 4.34. The summed E-state index contributed by atoms with van der Waals surface area (Å²) in [6.45, 7) is 3.36. The maximum atomic E-state index is 3.66. The highest BCUT2D eigenvalue weighted by atomic mass is 79.9. The Bertz CT molecular complexity index is 408. The normalized spacial score (nSPS) is 18.4. The smallest absolute Gasteiger partial charge is 0.0242 e. The predicted molar refractivity (Wildman–Crippen MR) is 89.9 cm³/mol. The summed E-state index contributed by atoms with van der Waals surface area (Å²) in [6, 6.07) is 8.55. The fraction of sp³-hybridized carbons (Fsp3) is 0.647. The van der Waals surface area contributed by atoms with Gasteiger partial charge in [-0.3, -0.25) is 0 Å². The molecular weight excluding hydrogens is 312 g/mol. The molecule has 112 valence electrons. The maximum absolute atomic E-state index is 3.66. The second-order valence-corrected chi connectivity index (χ2v) is 7.21. The van der Waals surface area contributed by atoms with Gasteiger partial charge in [-0.1, -0.05) is 53.4 Å². The molecule has 1 aromatic carbocycles. The first-order valence-electron chi connectivity index (χ1n) is 7.72. The van der Waals surface area contributed by atoms with Crippen molar-refractivity contribution in [1.29, 1.82) is 0 Å². The van der Waals surface area contributed by atoms with Gasteiger partial charge >= 0.3 is 0 Å². The van der Waals surface area contributed by atoms with Crippen LogP contribution in [0.1, 0.15) is 37.7 Å². The lowest BCUT2D eigenvalue weighted by molar-refractivity contribution is 0.116. The molecule has 1 aromatic rings. The minimum Gasteiger partial charge on any atom is -0.319 e. The Kier molecular flexibility index (Phi) is 6.06. The second kappa shape index (κ2) is 7.58. The topological polar surface area (TPSA) is 15.3 Å². The van der Waals surface area contributed by atoms with E-state index in [1.54, 1.807) is 0 Å². The van der Waals surface area contributed by atoms with E-state index >= 15 is 0 Å². The van der Waals surface area contributed by atoms with Crippen molar-refractivity contribution in [3.05, 3.63) is 34.3 Å². The molecule has 0 atom stereocenters. The Hall–Kier alpha value is -0.380. The number of hydrogen-bond acceptors (Lipinski definition) is 2. The Balaban J connectivity index is 1.98. The zero-order valence-corrected chi connectivity index (χ0v) is 14.4. The van der Waals surface area contributed by atoms with Crippen molar-refractivity contribution < 1.29 is 0 Å². The average Bonchev–Trinajstić information content (AvgIpc) is 2.42. The van der Waals surface area contributed by atoms with E-state index in [1.807, 2.05) is 0 Å². The van der Waals surface area contributed by atoms with Gasteiger partial charge in [-0.2, -0.15) is 0 Å². The summed E-state index contributed by atoms with van der Waals surface area (Å²) in [5.41, 5.74) is 1.86. The Morgan fingerprint density at radius 2 is 1.90 bits per heavy atom. The van der Waals surface area contributed by atoms with Crippen molar-refractivity contribution in [2.24, 2.45) is 5.41 Å². The number of hydrogen-bond donors (Lipinski definition) is 1. The molecule has 1 fully saturated rings. The van der Waals surface area contributed by atoms with E-state index in [0.29, 0.717) is 5.41 Å². The van der Waals surface area contributed by atoms with Crippen LogP contribution in [0.2, 0.25) is 0 Å². The van der Waals surface area contributed by atoms with Gasteiger partial charge in [0.05, 0.1) is 0 Å². The molecule has 0 amide bonds. The second-order valence-electron chi connectivity index (χ2n) is 6.35. The third-order valence-electron chi connectivity index (χ3n) is 4.47. The summed E-state index contributed by atoms with van der Waals surface area (Å²) >= 11 is 3.66. The van der Waals surface area contributed by atoms with Gasteiger partial charge in [0.1, 0.15) is 0 Å². The lowest BCUT2D eigenvalue weighted by atomic mass is 9.73. The monoisotopic (exact) mass is 338 g/mol. The minimum atomic E-state index is 0.475. The van der Waals surface area contributed by atoms with Crippen LogP contribution in [0.4, 0.5) is 0 Å². The third kappa shape index (κ3) is 4.31. The lowest BCUT2D eigenvalue weighted by Crippen LogP contribution is -2.43. The molecule has 3 heteroatoms. The quantitative estimate of drug-likeness (QED) is 0.841. The summed E-state index contributed by atoms with van der Waals surface area (Å²) in [5.74, 6) is 0. The third-order valence-corrected chi connectivity index (χ3v) is 5.24. The van der Waals surface area contributed by atoms with E-state index in [2.05, 4.69) is 64.5 Å². The molecule has 0 aromatic heterocycles. The lowest BCUT2D eigenvalue weighted by Gasteiger charge is -2.40. The van der Waals surface area contributed by atoms with Crippen LogP contribution in [0, 0.1) is 5.41 Å². The Morgan fingerprint density at radius 1 is 1.20 bits per heavy atom. The van der Waals surface area contributed by atoms with Gasteiger partial charge in [0, 0.05) is 24.1 Å². The van der Waals surface area contributed by atoms with E-state index < -0.39 is 0 Å². The van der Waals surface area contributed by atoms with Gasteiger partial charge in [0.15, 0.2) is 0 Å². The van der Waals surface area contributed by atoms with Gasteiger partial charge in [-0.15, -0.1) is 0 Å². The van der Waals surface area contributed by atoms with Crippen LogP contribution in [-0.2, 0) is 6.54 Å². The fourth-order valence-electron chi connectivity index (χ4n) is 3.61. The zero-order chi connectivity index (χ0) is 14.4. The van der Waals surface area contributed by atoms with Crippen molar-refractivity contribution >= 4 is 15.9 Å². The van der Waals surface area contributed by atoms with E-state index in [0.717, 1.165) is 13.1 Å². The van der Waals surface area contributed by atoms with E-state index in [4.69, 9.17) is 0 Å². The molecule has 20 heavy (non-hydrogen) atoms. The summed E-state index contributed by atoms with van der Waals surface area (Å²) in [6.07, 6.45) is 6.94. The maximum Gasteiger partial charge on any atom is 0.0242 e. The first kappa shape index (κ1) is 16.0. The average molecular weight is 339 g/mol. The molecule has 0 heterocycles. The standard InChI is InChI=1S/C17H27BrN2/c1-19-13-17(10-6-3-7-11-17)14-20(2)12-15-8-4-5-9-16(15)18/h4-5,8-9,19H,3,6-7,10-14H2,1-2H3. The molecule has 1 aliphatic rings. The van der Waals surface area contributed by atoms with Crippen LogP contribution >= 0.6 is 15.9 Å². The number of nitrogens with one attached hydrogen (secondary N) is 1. The molecular formula is C17H27BrN2. The molecule has 0 radical (unpaired) electrons. The predicted octanol–water partition coefficient (Wildman–Crippen LogP) is 4.05. The van der Waals surface area contributed by atoms with E-state index in [-0.39, 0.29) is 0 Å². The van der Waals surface area contributed by atoms with E-state index in [9.17, 15) is 0 Å². The molecule has 1 N–H and O–H groups in total. The zero-order valence-electron chi connectivity index (χ0n) is 12.8. The highest BCUT2D eigenvalue weighted by Crippen LogP contribution is 2.36. The number of nitrogens with zero attached hydrogens (tertiary/aromatic N) is 1. The molecule has 0 bridgehead atoms. The molecule has 0 saturated heterocycles. The van der Waals surface area contributed by atoms with Gasteiger partial charge in [-0.25, -0.2) is 0 Å². The summed E-state index contributed by atoms with van der Waals surface area (Å²) in [4.78, 5) is 2.49. The molecule has 1 aliphatic carbocycles. The molecule has 1 saturated carbocycles. The number of halogens is 1. The van der Waals surface area contributed by atoms with Crippen LogP contribution in [0.5, 0.6) is 0 Å². The van der Waals surface area contributed by atoms with Crippen molar-refractivity contribution in [1.82, 2.24) is 10.2 Å². The van der Waals surface area contributed by atoms with Crippen molar-refractivity contribution in [2.45, 2.75) is 38.6 Å². The van der Waals surface area contributed by atoms with Crippen LogP contribution in [0.15, 0.2) is 28.7 Å².